The summed E-state index contributed by atoms with van der Waals surface area (Å²) in [7, 11) is 3.48. The second-order valence-electron chi connectivity index (χ2n) is 5.56. The van der Waals surface area contributed by atoms with Gasteiger partial charge in [-0.2, -0.15) is 0 Å². The average molecular weight is 373 g/mol. The van der Waals surface area contributed by atoms with Crippen LogP contribution in [-0.2, 0) is 4.79 Å². The second kappa shape index (κ2) is 7.72. The van der Waals surface area contributed by atoms with Gasteiger partial charge in [0.15, 0.2) is 11.0 Å². The molecule has 128 valence electrons. The molecule has 1 heterocycles. The normalized spacial score (nSPS) is 10.7. The van der Waals surface area contributed by atoms with E-state index in [2.05, 4.69) is 10.2 Å². The Morgan fingerprint density at radius 3 is 2.40 bits per heavy atom. The lowest BCUT2D eigenvalue weighted by molar-refractivity contribution is -0.125. The van der Waals surface area contributed by atoms with E-state index in [0.29, 0.717) is 15.9 Å². The van der Waals surface area contributed by atoms with Gasteiger partial charge in [0, 0.05) is 30.4 Å². The van der Waals surface area contributed by atoms with Crippen LogP contribution < -0.4 is 0 Å². The van der Waals surface area contributed by atoms with Gasteiger partial charge >= 0.3 is 0 Å². The number of hydrogen-bond acceptors (Lipinski definition) is 4. The van der Waals surface area contributed by atoms with E-state index in [1.807, 2.05) is 59.2 Å². The van der Waals surface area contributed by atoms with Crippen molar-refractivity contribution in [2.24, 2.45) is 0 Å². The average Bonchev–Trinajstić information content (AvgIpc) is 3.05. The van der Waals surface area contributed by atoms with E-state index in [9.17, 15) is 4.79 Å². The Kier molecular flexibility index (Phi) is 5.40. The van der Waals surface area contributed by atoms with Gasteiger partial charge in [0.25, 0.3) is 0 Å². The van der Waals surface area contributed by atoms with Gasteiger partial charge in [-0.15, -0.1) is 10.2 Å². The monoisotopic (exact) mass is 372 g/mol. The number of carbonyl (C=O) groups excluding carboxylic acids is 1. The van der Waals surface area contributed by atoms with E-state index in [0.717, 1.165) is 17.1 Å². The number of halogens is 1. The predicted molar refractivity (Wildman–Crippen MR) is 101 cm³/mol. The van der Waals surface area contributed by atoms with Crippen LogP contribution in [0.4, 0.5) is 0 Å². The highest BCUT2D eigenvalue weighted by atomic mass is 35.5. The molecule has 1 amide bonds. The summed E-state index contributed by atoms with van der Waals surface area (Å²) in [4.78, 5) is 13.5. The van der Waals surface area contributed by atoms with Crippen LogP contribution in [0, 0.1) is 0 Å². The molecule has 0 saturated heterocycles. The van der Waals surface area contributed by atoms with E-state index in [1.165, 1.54) is 11.8 Å². The van der Waals surface area contributed by atoms with Gasteiger partial charge < -0.3 is 4.90 Å². The van der Waals surface area contributed by atoms with Gasteiger partial charge in [0.1, 0.15) is 0 Å². The molecule has 0 N–H and O–H groups in total. The quantitative estimate of drug-likeness (QED) is 0.640. The first-order chi connectivity index (χ1) is 12.1. The molecule has 0 atom stereocenters. The van der Waals surface area contributed by atoms with Crippen LogP contribution in [0.3, 0.4) is 0 Å². The van der Waals surface area contributed by atoms with Crippen molar-refractivity contribution in [3.63, 3.8) is 0 Å². The summed E-state index contributed by atoms with van der Waals surface area (Å²) in [6.45, 7) is 0. The molecule has 3 aromatic rings. The lowest BCUT2D eigenvalue weighted by Crippen LogP contribution is -2.23. The Morgan fingerprint density at radius 1 is 1.08 bits per heavy atom. The predicted octanol–water partition coefficient (Wildman–Crippen LogP) is 3.77. The van der Waals surface area contributed by atoms with Crippen molar-refractivity contribution < 1.29 is 4.79 Å². The SMILES string of the molecule is CN(C)C(=O)CSc1nnc(-c2ccccc2)n1-c1ccc(Cl)cc1. The van der Waals surface area contributed by atoms with Crippen molar-refractivity contribution >= 4 is 29.3 Å². The molecule has 7 heteroatoms. The van der Waals surface area contributed by atoms with Crippen molar-refractivity contribution in [2.75, 3.05) is 19.8 Å². The molecule has 0 radical (unpaired) electrons. The number of hydrogen-bond donors (Lipinski definition) is 0. The fourth-order valence-corrected chi connectivity index (χ4v) is 3.27. The van der Waals surface area contributed by atoms with E-state index in [4.69, 9.17) is 11.6 Å². The molecule has 3 rings (SSSR count). The van der Waals surface area contributed by atoms with Crippen LogP contribution in [0.15, 0.2) is 59.8 Å². The molecule has 0 aliphatic carbocycles. The topological polar surface area (TPSA) is 51.0 Å². The summed E-state index contributed by atoms with van der Waals surface area (Å²) in [5.74, 6) is 1.05. The number of aromatic nitrogens is 3. The maximum atomic E-state index is 11.9. The summed E-state index contributed by atoms with van der Waals surface area (Å²) in [5, 5.41) is 9.96. The fourth-order valence-electron chi connectivity index (χ4n) is 2.22. The molecular weight excluding hydrogens is 356 g/mol. The minimum Gasteiger partial charge on any atom is -0.348 e. The number of carbonyl (C=O) groups is 1. The third-order valence-electron chi connectivity index (χ3n) is 3.57. The van der Waals surface area contributed by atoms with E-state index in [1.54, 1.807) is 19.0 Å². The number of benzene rings is 2. The van der Waals surface area contributed by atoms with Gasteiger partial charge in [-0.05, 0) is 24.3 Å². The molecule has 1 aromatic heterocycles. The van der Waals surface area contributed by atoms with Crippen LogP contribution in [-0.4, -0.2) is 45.4 Å². The maximum Gasteiger partial charge on any atom is 0.232 e. The first-order valence-electron chi connectivity index (χ1n) is 7.66. The zero-order valence-corrected chi connectivity index (χ0v) is 15.5. The minimum atomic E-state index is 0.0249. The highest BCUT2D eigenvalue weighted by Crippen LogP contribution is 2.28. The van der Waals surface area contributed by atoms with Crippen LogP contribution in [0.1, 0.15) is 0 Å². The molecule has 0 unspecified atom stereocenters. The first-order valence-corrected chi connectivity index (χ1v) is 9.02. The molecule has 5 nitrogen and oxygen atoms in total. The summed E-state index contributed by atoms with van der Waals surface area (Å²) in [5.41, 5.74) is 1.85. The first kappa shape index (κ1) is 17.5. The smallest absolute Gasteiger partial charge is 0.232 e. The second-order valence-corrected chi connectivity index (χ2v) is 6.94. The molecule has 0 bridgehead atoms. The third kappa shape index (κ3) is 4.03. The summed E-state index contributed by atoms with van der Waals surface area (Å²) < 4.78 is 1.94. The Labute approximate surface area is 155 Å². The molecule has 25 heavy (non-hydrogen) atoms. The van der Waals surface area contributed by atoms with E-state index < -0.39 is 0 Å². The van der Waals surface area contributed by atoms with Crippen molar-refractivity contribution in [2.45, 2.75) is 5.16 Å². The molecule has 0 fully saturated rings. The zero-order valence-electron chi connectivity index (χ0n) is 13.9. The van der Waals surface area contributed by atoms with Gasteiger partial charge in [-0.3, -0.25) is 9.36 Å². The Hall–Kier alpha value is -2.31. The van der Waals surface area contributed by atoms with Crippen LogP contribution in [0.5, 0.6) is 0 Å². The summed E-state index contributed by atoms with van der Waals surface area (Å²) in [6, 6.07) is 17.3. The molecule has 0 saturated carbocycles. The van der Waals surface area contributed by atoms with Gasteiger partial charge in [-0.1, -0.05) is 53.7 Å². The number of rotatable bonds is 5. The van der Waals surface area contributed by atoms with Gasteiger partial charge in [0.2, 0.25) is 5.91 Å². The van der Waals surface area contributed by atoms with Gasteiger partial charge in [0.05, 0.1) is 5.75 Å². The van der Waals surface area contributed by atoms with Crippen LogP contribution in [0.2, 0.25) is 5.02 Å². The lowest BCUT2D eigenvalue weighted by atomic mass is 10.2. The minimum absolute atomic E-state index is 0.0249. The zero-order chi connectivity index (χ0) is 17.8. The van der Waals surface area contributed by atoms with E-state index in [-0.39, 0.29) is 5.91 Å². The molecule has 0 aliphatic heterocycles. The van der Waals surface area contributed by atoms with Crippen molar-refractivity contribution in [3.05, 3.63) is 59.6 Å². The van der Waals surface area contributed by atoms with Crippen LogP contribution in [0.25, 0.3) is 17.1 Å². The standard InChI is InChI=1S/C18H17ClN4OS/c1-22(2)16(24)12-25-18-21-20-17(13-6-4-3-5-7-13)23(18)15-10-8-14(19)9-11-15/h3-11H,12H2,1-2H3. The largest absolute Gasteiger partial charge is 0.348 e. The van der Waals surface area contributed by atoms with Gasteiger partial charge in [-0.25, -0.2) is 0 Å². The van der Waals surface area contributed by atoms with E-state index >= 15 is 0 Å². The summed E-state index contributed by atoms with van der Waals surface area (Å²) in [6.07, 6.45) is 0. The van der Waals surface area contributed by atoms with Crippen molar-refractivity contribution in [1.29, 1.82) is 0 Å². The van der Waals surface area contributed by atoms with Crippen molar-refractivity contribution in [1.82, 2.24) is 19.7 Å². The Bertz CT molecular complexity index is 863. The third-order valence-corrected chi connectivity index (χ3v) is 4.74. The lowest BCUT2D eigenvalue weighted by Gasteiger charge is -2.12. The summed E-state index contributed by atoms with van der Waals surface area (Å²) >= 11 is 7.37. The number of thioether (sulfide) groups is 1. The number of amides is 1. The highest BCUT2D eigenvalue weighted by Gasteiger charge is 2.17. The maximum absolute atomic E-state index is 11.9. The van der Waals surface area contributed by atoms with Crippen molar-refractivity contribution in [3.8, 4) is 17.1 Å². The highest BCUT2D eigenvalue weighted by molar-refractivity contribution is 7.99. The number of nitrogens with zero attached hydrogens (tertiary/aromatic N) is 4. The fraction of sp³-hybridized carbons (Fsp3) is 0.167. The molecule has 2 aromatic carbocycles. The molecule has 0 aliphatic rings. The Morgan fingerprint density at radius 2 is 1.76 bits per heavy atom. The van der Waals surface area contributed by atoms with Crippen LogP contribution >= 0.6 is 23.4 Å². The molecular formula is C18H17ClN4OS. The molecule has 0 spiro atoms. The Balaban J connectivity index is 2.02.